The first kappa shape index (κ1) is 16.8. The molecule has 2 aliphatic heterocycles. The highest BCUT2D eigenvalue weighted by atomic mass is 19.1. The van der Waals surface area contributed by atoms with Crippen LogP contribution in [-0.4, -0.2) is 52.7 Å². The molecule has 0 unspecified atom stereocenters. The standard InChI is InChI=1S/C19H18FN5O3/c1-24(2)19(26)11-5-15-18(25-9-22-23-17(11)25)21-6-12-13(20)3-4-14-16(12)10(7-27-14)8-28-15/h3-5,9-10,21H,6-8H2,1-2H3/t10-/m0/s1. The highest BCUT2D eigenvalue weighted by Gasteiger charge is 2.32. The van der Waals surface area contributed by atoms with E-state index in [2.05, 4.69) is 15.5 Å². The van der Waals surface area contributed by atoms with Gasteiger partial charge in [0.15, 0.2) is 17.2 Å². The zero-order chi connectivity index (χ0) is 19.4. The van der Waals surface area contributed by atoms with E-state index in [1.54, 1.807) is 30.6 Å². The van der Waals surface area contributed by atoms with E-state index >= 15 is 0 Å². The number of ether oxygens (including phenoxy) is 2. The maximum atomic E-state index is 14.6. The van der Waals surface area contributed by atoms with E-state index in [0.717, 1.165) is 5.56 Å². The number of rotatable bonds is 1. The quantitative estimate of drug-likeness (QED) is 0.693. The van der Waals surface area contributed by atoms with Crippen LogP contribution in [0.4, 0.5) is 10.2 Å². The lowest BCUT2D eigenvalue weighted by molar-refractivity contribution is 0.0828. The Morgan fingerprint density at radius 1 is 1.29 bits per heavy atom. The lowest BCUT2D eigenvalue weighted by atomic mass is 9.96. The summed E-state index contributed by atoms with van der Waals surface area (Å²) in [7, 11) is 3.35. The topological polar surface area (TPSA) is 81.0 Å². The zero-order valence-electron chi connectivity index (χ0n) is 15.4. The molecule has 1 amide bonds. The van der Waals surface area contributed by atoms with Gasteiger partial charge in [0.05, 0.1) is 24.7 Å². The molecule has 0 saturated heterocycles. The molecule has 0 radical (unpaired) electrons. The normalized spacial score (nSPS) is 17.3. The summed E-state index contributed by atoms with van der Waals surface area (Å²) in [6.45, 7) is 0.986. The monoisotopic (exact) mass is 383 g/mol. The van der Waals surface area contributed by atoms with E-state index in [1.165, 1.54) is 17.3 Å². The highest BCUT2D eigenvalue weighted by molar-refractivity contribution is 6.00. The van der Waals surface area contributed by atoms with Crippen molar-refractivity contribution in [3.63, 3.8) is 0 Å². The van der Waals surface area contributed by atoms with Crippen LogP contribution in [0.3, 0.4) is 0 Å². The molecule has 4 heterocycles. The first-order valence-corrected chi connectivity index (χ1v) is 8.93. The lowest BCUT2D eigenvalue weighted by Crippen LogP contribution is -2.23. The molecule has 144 valence electrons. The fourth-order valence-electron chi connectivity index (χ4n) is 3.78. The number of aromatic nitrogens is 3. The van der Waals surface area contributed by atoms with Crippen LogP contribution >= 0.6 is 0 Å². The van der Waals surface area contributed by atoms with Crippen LogP contribution in [0.25, 0.3) is 5.65 Å². The van der Waals surface area contributed by atoms with Crippen LogP contribution in [0.1, 0.15) is 27.4 Å². The Morgan fingerprint density at radius 2 is 2.07 bits per heavy atom. The Kier molecular flexibility index (Phi) is 3.65. The number of halogens is 1. The molecule has 2 aromatic heterocycles. The minimum absolute atomic E-state index is 0.0851. The number of amides is 1. The molecule has 0 saturated carbocycles. The SMILES string of the molecule is CN(C)C(=O)c1cc2c(n3cnnc13)NCc1c(F)ccc3c1[C@@H](CO3)CO2. The van der Waals surface area contributed by atoms with E-state index in [1.807, 2.05) is 0 Å². The average molecular weight is 383 g/mol. The van der Waals surface area contributed by atoms with E-state index in [9.17, 15) is 9.18 Å². The molecular weight excluding hydrogens is 365 g/mol. The molecule has 0 fully saturated rings. The third-order valence-corrected chi connectivity index (χ3v) is 5.16. The third kappa shape index (κ3) is 2.39. The third-order valence-electron chi connectivity index (χ3n) is 5.16. The van der Waals surface area contributed by atoms with Crippen molar-refractivity contribution in [2.45, 2.75) is 12.5 Å². The van der Waals surface area contributed by atoms with Crippen molar-refractivity contribution in [2.75, 3.05) is 32.6 Å². The summed E-state index contributed by atoms with van der Waals surface area (Å²) in [5.41, 5.74) is 2.19. The maximum Gasteiger partial charge on any atom is 0.257 e. The van der Waals surface area contributed by atoms with E-state index < -0.39 is 0 Å². The summed E-state index contributed by atoms with van der Waals surface area (Å²) < 4.78 is 28.0. The number of carbonyl (C=O) groups is 1. The number of hydrogen-bond donors (Lipinski definition) is 1. The second kappa shape index (κ2) is 6.08. The number of hydrogen-bond acceptors (Lipinski definition) is 6. The number of nitrogens with zero attached hydrogens (tertiary/aromatic N) is 4. The van der Waals surface area contributed by atoms with Crippen molar-refractivity contribution in [1.29, 1.82) is 0 Å². The van der Waals surface area contributed by atoms with Crippen LogP contribution in [-0.2, 0) is 6.54 Å². The van der Waals surface area contributed by atoms with Gasteiger partial charge in [0, 0.05) is 37.8 Å². The maximum absolute atomic E-state index is 14.6. The molecule has 0 bridgehead atoms. The zero-order valence-corrected chi connectivity index (χ0v) is 15.4. The van der Waals surface area contributed by atoms with Gasteiger partial charge < -0.3 is 19.7 Å². The molecule has 28 heavy (non-hydrogen) atoms. The molecule has 9 heteroatoms. The fraction of sp³-hybridized carbons (Fsp3) is 0.316. The highest BCUT2D eigenvalue weighted by Crippen LogP contribution is 2.40. The van der Waals surface area contributed by atoms with Crippen LogP contribution in [0, 0.1) is 5.82 Å². The van der Waals surface area contributed by atoms with Gasteiger partial charge in [-0.3, -0.25) is 9.20 Å². The van der Waals surface area contributed by atoms with Gasteiger partial charge in [-0.15, -0.1) is 10.2 Å². The van der Waals surface area contributed by atoms with Gasteiger partial charge >= 0.3 is 0 Å². The predicted octanol–water partition coefficient (Wildman–Crippen LogP) is 2.05. The van der Waals surface area contributed by atoms with Crippen LogP contribution in [0.5, 0.6) is 11.5 Å². The number of carbonyl (C=O) groups excluding carboxylic acids is 1. The number of anilines is 1. The van der Waals surface area contributed by atoms with Crippen molar-refractivity contribution in [1.82, 2.24) is 19.5 Å². The molecule has 1 atom stereocenters. The van der Waals surface area contributed by atoms with Crippen molar-refractivity contribution < 1.29 is 18.7 Å². The number of nitrogens with one attached hydrogen (secondary N) is 1. The smallest absolute Gasteiger partial charge is 0.257 e. The molecular formula is C19H18FN5O3. The summed E-state index contributed by atoms with van der Waals surface area (Å²) in [4.78, 5) is 14.1. The lowest BCUT2D eigenvalue weighted by Gasteiger charge is -2.17. The van der Waals surface area contributed by atoms with E-state index in [0.29, 0.717) is 47.3 Å². The largest absolute Gasteiger partial charge is 0.493 e. The second-order valence-electron chi connectivity index (χ2n) is 7.11. The molecule has 8 nitrogen and oxygen atoms in total. The molecule has 3 aromatic rings. The van der Waals surface area contributed by atoms with Crippen LogP contribution in [0.2, 0.25) is 0 Å². The number of fused-ring (bicyclic) bond motifs is 3. The minimum atomic E-state index is -0.287. The van der Waals surface area contributed by atoms with E-state index in [4.69, 9.17) is 9.47 Å². The summed E-state index contributed by atoms with van der Waals surface area (Å²) in [5.74, 6) is 1.18. The Hall–Kier alpha value is -3.36. The van der Waals surface area contributed by atoms with Crippen molar-refractivity contribution in [2.24, 2.45) is 0 Å². The van der Waals surface area contributed by atoms with Crippen molar-refractivity contribution in [3.8, 4) is 11.5 Å². The predicted molar refractivity (Wildman–Crippen MR) is 98.5 cm³/mol. The Morgan fingerprint density at radius 3 is 2.86 bits per heavy atom. The van der Waals surface area contributed by atoms with Crippen molar-refractivity contribution >= 4 is 17.4 Å². The molecule has 5 rings (SSSR count). The number of pyridine rings is 1. The average Bonchev–Trinajstić information content (AvgIpc) is 3.32. The summed E-state index contributed by atoms with van der Waals surface area (Å²) in [5, 5.41) is 11.3. The Balaban J connectivity index is 1.66. The first-order valence-electron chi connectivity index (χ1n) is 8.93. The molecule has 0 aliphatic carbocycles. The second-order valence-corrected chi connectivity index (χ2v) is 7.11. The minimum Gasteiger partial charge on any atom is -0.493 e. The van der Waals surface area contributed by atoms with Gasteiger partial charge in [0.1, 0.15) is 17.9 Å². The summed E-state index contributed by atoms with van der Waals surface area (Å²) in [6, 6.07) is 4.74. The summed E-state index contributed by atoms with van der Waals surface area (Å²) in [6.07, 6.45) is 1.51. The van der Waals surface area contributed by atoms with Gasteiger partial charge in [-0.1, -0.05) is 0 Å². The molecule has 0 spiro atoms. The van der Waals surface area contributed by atoms with Gasteiger partial charge in [0.25, 0.3) is 5.91 Å². The van der Waals surface area contributed by atoms with Gasteiger partial charge in [-0.25, -0.2) is 4.39 Å². The number of benzene rings is 1. The molecule has 1 aromatic carbocycles. The summed E-state index contributed by atoms with van der Waals surface area (Å²) >= 11 is 0. The van der Waals surface area contributed by atoms with Gasteiger partial charge in [0.2, 0.25) is 0 Å². The Labute approximate surface area is 159 Å². The molecule has 2 aliphatic rings. The van der Waals surface area contributed by atoms with Crippen molar-refractivity contribution in [3.05, 3.63) is 47.0 Å². The van der Waals surface area contributed by atoms with Crippen LogP contribution < -0.4 is 14.8 Å². The first-order chi connectivity index (χ1) is 13.5. The fourth-order valence-corrected chi connectivity index (χ4v) is 3.78. The van der Waals surface area contributed by atoms with E-state index in [-0.39, 0.29) is 24.2 Å². The van der Waals surface area contributed by atoms with Gasteiger partial charge in [-0.2, -0.15) is 0 Å². The Bertz CT molecular complexity index is 1110. The van der Waals surface area contributed by atoms with Gasteiger partial charge in [-0.05, 0) is 12.1 Å². The molecule has 1 N–H and O–H groups in total. The van der Waals surface area contributed by atoms with Crippen LogP contribution in [0.15, 0.2) is 24.5 Å².